The standard InChI is InChI=1S/C13H15ClO2/c1-12(2,15)8-9-13(3,16)10-4-6-11(14)7-5-10/h4-7,15-16H,1-3H3/t13-/m1/s1. The second-order valence-electron chi connectivity index (χ2n) is 4.39. The lowest BCUT2D eigenvalue weighted by Crippen LogP contribution is -2.21. The lowest BCUT2D eigenvalue weighted by molar-refractivity contribution is 0.116. The van der Waals surface area contributed by atoms with Crippen LogP contribution < -0.4 is 0 Å². The van der Waals surface area contributed by atoms with Gasteiger partial charge in [-0.15, -0.1) is 0 Å². The normalized spacial score (nSPS) is 14.9. The zero-order valence-electron chi connectivity index (χ0n) is 9.58. The molecule has 0 amide bonds. The van der Waals surface area contributed by atoms with Crippen molar-refractivity contribution in [1.82, 2.24) is 0 Å². The molecule has 0 fully saturated rings. The van der Waals surface area contributed by atoms with Crippen LogP contribution >= 0.6 is 11.6 Å². The molecule has 0 saturated carbocycles. The third kappa shape index (κ3) is 3.86. The summed E-state index contributed by atoms with van der Waals surface area (Å²) in [5.74, 6) is 5.24. The van der Waals surface area contributed by atoms with E-state index in [4.69, 9.17) is 11.6 Å². The Balaban J connectivity index is 3.01. The second kappa shape index (κ2) is 4.47. The van der Waals surface area contributed by atoms with Crippen LogP contribution in [0.3, 0.4) is 0 Å². The highest BCUT2D eigenvalue weighted by Gasteiger charge is 2.20. The molecule has 2 nitrogen and oxygen atoms in total. The van der Waals surface area contributed by atoms with E-state index in [0.29, 0.717) is 10.6 Å². The molecule has 2 N–H and O–H groups in total. The zero-order chi connectivity index (χ0) is 12.4. The largest absolute Gasteiger partial charge is 0.378 e. The third-order valence-electron chi connectivity index (χ3n) is 2.02. The third-order valence-corrected chi connectivity index (χ3v) is 2.27. The molecule has 0 heterocycles. The highest BCUT2D eigenvalue weighted by Crippen LogP contribution is 2.21. The van der Waals surface area contributed by atoms with Crippen molar-refractivity contribution < 1.29 is 10.2 Å². The van der Waals surface area contributed by atoms with Crippen LogP contribution in [0.25, 0.3) is 0 Å². The molecule has 0 saturated heterocycles. The van der Waals surface area contributed by atoms with E-state index in [1.165, 1.54) is 0 Å². The summed E-state index contributed by atoms with van der Waals surface area (Å²) < 4.78 is 0. The van der Waals surface area contributed by atoms with Crippen molar-refractivity contribution in [3.05, 3.63) is 34.9 Å². The summed E-state index contributed by atoms with van der Waals surface area (Å²) in [6.07, 6.45) is 0. The van der Waals surface area contributed by atoms with E-state index in [2.05, 4.69) is 11.8 Å². The Hall–Kier alpha value is -1.01. The van der Waals surface area contributed by atoms with Crippen molar-refractivity contribution in [2.24, 2.45) is 0 Å². The summed E-state index contributed by atoms with van der Waals surface area (Å²) in [5, 5.41) is 20.2. The maximum absolute atomic E-state index is 10.1. The molecule has 16 heavy (non-hydrogen) atoms. The zero-order valence-corrected chi connectivity index (χ0v) is 10.3. The number of hydrogen-bond acceptors (Lipinski definition) is 2. The SMILES string of the molecule is CC(C)(O)C#C[C@@](C)(O)c1ccc(Cl)cc1. The molecule has 0 bridgehead atoms. The summed E-state index contributed by atoms with van der Waals surface area (Å²) in [6.45, 7) is 4.71. The predicted octanol–water partition coefficient (Wildman–Crippen LogP) is 2.32. The first-order valence-corrected chi connectivity index (χ1v) is 5.34. The highest BCUT2D eigenvalue weighted by molar-refractivity contribution is 6.30. The van der Waals surface area contributed by atoms with E-state index in [0.717, 1.165) is 0 Å². The summed E-state index contributed by atoms with van der Waals surface area (Å²) in [7, 11) is 0. The average Bonchev–Trinajstić information content (AvgIpc) is 2.15. The maximum atomic E-state index is 10.1. The van der Waals surface area contributed by atoms with Gasteiger partial charge in [-0.1, -0.05) is 35.6 Å². The first-order valence-electron chi connectivity index (χ1n) is 4.96. The summed E-state index contributed by atoms with van der Waals surface area (Å²) in [6, 6.07) is 6.80. The maximum Gasteiger partial charge on any atom is 0.148 e. The minimum atomic E-state index is -1.29. The van der Waals surface area contributed by atoms with Crippen LogP contribution in [-0.2, 0) is 5.60 Å². The number of halogens is 1. The van der Waals surface area contributed by atoms with Gasteiger partial charge in [0.1, 0.15) is 11.2 Å². The van der Waals surface area contributed by atoms with Gasteiger partial charge in [0, 0.05) is 5.02 Å². The van der Waals surface area contributed by atoms with Gasteiger partial charge in [0.25, 0.3) is 0 Å². The molecule has 0 unspecified atom stereocenters. The fraction of sp³-hybridized carbons (Fsp3) is 0.385. The van der Waals surface area contributed by atoms with Gasteiger partial charge in [-0.3, -0.25) is 0 Å². The van der Waals surface area contributed by atoms with Crippen LogP contribution in [0.15, 0.2) is 24.3 Å². The van der Waals surface area contributed by atoms with Gasteiger partial charge >= 0.3 is 0 Å². The molecule has 0 radical (unpaired) electrons. The van der Waals surface area contributed by atoms with Crippen molar-refractivity contribution in [3.8, 4) is 11.8 Å². The van der Waals surface area contributed by atoms with E-state index >= 15 is 0 Å². The molecule has 1 aromatic carbocycles. The average molecular weight is 239 g/mol. The molecule has 0 aliphatic rings. The van der Waals surface area contributed by atoms with Gasteiger partial charge in [0.05, 0.1) is 0 Å². The van der Waals surface area contributed by atoms with Crippen LogP contribution in [0, 0.1) is 11.8 Å². The Labute approximate surface area is 101 Å². The quantitative estimate of drug-likeness (QED) is 0.738. The second-order valence-corrected chi connectivity index (χ2v) is 4.82. The first kappa shape index (κ1) is 13.1. The van der Waals surface area contributed by atoms with Gasteiger partial charge in [-0.05, 0) is 38.5 Å². The molecule has 1 aromatic rings. The minimum absolute atomic E-state index is 0.606. The van der Waals surface area contributed by atoms with Crippen molar-refractivity contribution in [3.63, 3.8) is 0 Å². The van der Waals surface area contributed by atoms with Gasteiger partial charge < -0.3 is 10.2 Å². The molecule has 1 rings (SSSR count). The van der Waals surface area contributed by atoms with Gasteiger partial charge in [0.2, 0.25) is 0 Å². The molecule has 0 aromatic heterocycles. The number of rotatable bonds is 1. The van der Waals surface area contributed by atoms with Crippen LogP contribution in [0.1, 0.15) is 26.3 Å². The van der Waals surface area contributed by atoms with Gasteiger partial charge in [-0.2, -0.15) is 0 Å². The molecule has 0 aliphatic heterocycles. The summed E-state index contributed by atoms with van der Waals surface area (Å²) in [4.78, 5) is 0. The van der Waals surface area contributed by atoms with Crippen molar-refractivity contribution >= 4 is 11.6 Å². The van der Waals surface area contributed by atoms with E-state index in [1.54, 1.807) is 45.0 Å². The highest BCUT2D eigenvalue weighted by atomic mass is 35.5. The molecule has 86 valence electrons. The monoisotopic (exact) mass is 238 g/mol. The fourth-order valence-electron chi connectivity index (χ4n) is 1.12. The van der Waals surface area contributed by atoms with E-state index in [-0.39, 0.29) is 0 Å². The predicted molar refractivity (Wildman–Crippen MR) is 65.1 cm³/mol. The summed E-state index contributed by atoms with van der Waals surface area (Å²) >= 11 is 5.75. The Morgan fingerprint density at radius 2 is 1.50 bits per heavy atom. The Morgan fingerprint density at radius 1 is 1.00 bits per heavy atom. The van der Waals surface area contributed by atoms with E-state index in [1.807, 2.05) is 0 Å². The molecule has 1 atom stereocenters. The number of hydrogen-bond donors (Lipinski definition) is 2. The lowest BCUT2D eigenvalue weighted by Gasteiger charge is -2.18. The number of aliphatic hydroxyl groups is 2. The summed E-state index contributed by atoms with van der Waals surface area (Å²) in [5.41, 5.74) is -1.75. The smallest absolute Gasteiger partial charge is 0.148 e. The molecular formula is C13H15ClO2. The van der Waals surface area contributed by atoms with Crippen molar-refractivity contribution in [2.75, 3.05) is 0 Å². The van der Waals surface area contributed by atoms with E-state index in [9.17, 15) is 10.2 Å². The van der Waals surface area contributed by atoms with Crippen LogP contribution in [-0.4, -0.2) is 15.8 Å². The van der Waals surface area contributed by atoms with Crippen molar-refractivity contribution in [1.29, 1.82) is 0 Å². The minimum Gasteiger partial charge on any atom is -0.378 e. The Bertz CT molecular complexity index is 416. The fourth-order valence-corrected chi connectivity index (χ4v) is 1.25. The molecular weight excluding hydrogens is 224 g/mol. The first-order chi connectivity index (χ1) is 7.21. The van der Waals surface area contributed by atoms with Gasteiger partial charge in [0.15, 0.2) is 0 Å². The van der Waals surface area contributed by atoms with E-state index < -0.39 is 11.2 Å². The lowest BCUT2D eigenvalue weighted by atomic mass is 9.95. The number of benzene rings is 1. The Morgan fingerprint density at radius 3 is 1.94 bits per heavy atom. The van der Waals surface area contributed by atoms with Crippen LogP contribution in [0.2, 0.25) is 5.02 Å². The van der Waals surface area contributed by atoms with Crippen molar-refractivity contribution in [2.45, 2.75) is 32.0 Å². The molecule has 3 heteroatoms. The van der Waals surface area contributed by atoms with Crippen LogP contribution in [0.4, 0.5) is 0 Å². The topological polar surface area (TPSA) is 40.5 Å². The van der Waals surface area contributed by atoms with Crippen LogP contribution in [0.5, 0.6) is 0 Å². The Kier molecular flexibility index (Phi) is 3.64. The molecule has 0 spiro atoms. The van der Waals surface area contributed by atoms with Gasteiger partial charge in [-0.25, -0.2) is 0 Å². The molecule has 0 aliphatic carbocycles.